The lowest BCUT2D eigenvalue weighted by molar-refractivity contribution is -0.340. The fourth-order valence-electron chi connectivity index (χ4n) is 7.42. The van der Waals surface area contributed by atoms with E-state index in [1.165, 1.54) is 12.0 Å². The van der Waals surface area contributed by atoms with Gasteiger partial charge in [0.25, 0.3) is 0 Å². The number of rotatable bonds is 5. The first-order valence-electron chi connectivity index (χ1n) is 12.9. The molecule has 192 valence electrons. The van der Waals surface area contributed by atoms with E-state index in [0.29, 0.717) is 55.7 Å². The first kappa shape index (κ1) is 25.9. The molecule has 3 aliphatic carbocycles. The molecule has 7 atom stereocenters. The van der Waals surface area contributed by atoms with Gasteiger partial charge in [0.05, 0.1) is 18.3 Å². The maximum absolute atomic E-state index is 12.6. The molecule has 4 nitrogen and oxygen atoms in total. The first-order valence-corrected chi connectivity index (χ1v) is 12.9. The zero-order valence-electron chi connectivity index (χ0n) is 20.5. The number of ether oxygens (including phenoxy) is 1. The van der Waals surface area contributed by atoms with E-state index < -0.39 is 24.7 Å². The molecule has 0 aromatic heterocycles. The van der Waals surface area contributed by atoms with Crippen LogP contribution in [0.5, 0.6) is 0 Å². The van der Waals surface area contributed by atoms with Gasteiger partial charge in [0.2, 0.25) is 0 Å². The molecule has 0 aromatic rings. The number of alkyl halides is 3. The highest BCUT2D eigenvalue weighted by molar-refractivity contribution is 5.29. The number of halogens is 3. The predicted molar refractivity (Wildman–Crippen MR) is 126 cm³/mol. The van der Waals surface area contributed by atoms with Crippen molar-refractivity contribution in [3.05, 3.63) is 35.5 Å². The first-order chi connectivity index (χ1) is 16.0. The van der Waals surface area contributed by atoms with E-state index in [1.54, 1.807) is 0 Å². The van der Waals surface area contributed by atoms with Crippen LogP contribution in [0.4, 0.5) is 13.2 Å². The van der Waals surface area contributed by atoms with Crippen molar-refractivity contribution in [2.75, 3.05) is 19.6 Å². The Hall–Kier alpha value is -1.15. The van der Waals surface area contributed by atoms with Crippen LogP contribution in [0.25, 0.3) is 0 Å². The summed E-state index contributed by atoms with van der Waals surface area (Å²) in [4.78, 5) is 2.15. The molecule has 4 fully saturated rings. The normalized spacial score (nSPS) is 40.8. The van der Waals surface area contributed by atoms with Crippen molar-refractivity contribution >= 4 is 0 Å². The summed E-state index contributed by atoms with van der Waals surface area (Å²) in [5.74, 6) is 1.50. The smallest absolute Gasteiger partial charge is 0.388 e. The summed E-state index contributed by atoms with van der Waals surface area (Å²) in [5, 5.41) is 20.3. The molecule has 1 saturated heterocycles. The second kappa shape index (κ2) is 10.1. The largest absolute Gasteiger partial charge is 0.522 e. The Kier molecular flexibility index (Phi) is 7.68. The van der Waals surface area contributed by atoms with Gasteiger partial charge in [-0.15, -0.1) is 13.2 Å². The molecular formula is C27H40F3NO3. The number of fused-ring (bicyclic) bond motifs is 1. The van der Waals surface area contributed by atoms with Crippen LogP contribution in [0.3, 0.4) is 0 Å². The van der Waals surface area contributed by atoms with E-state index in [4.69, 9.17) is 0 Å². The zero-order valence-corrected chi connectivity index (χ0v) is 20.5. The van der Waals surface area contributed by atoms with Crippen molar-refractivity contribution in [1.29, 1.82) is 0 Å². The van der Waals surface area contributed by atoms with Gasteiger partial charge in [-0.1, -0.05) is 43.7 Å². The molecule has 0 bridgehead atoms. The number of aliphatic hydroxyl groups excluding tert-OH is 2. The van der Waals surface area contributed by atoms with Gasteiger partial charge in [0, 0.05) is 19.6 Å². The van der Waals surface area contributed by atoms with Crippen molar-refractivity contribution in [2.45, 2.75) is 89.9 Å². The van der Waals surface area contributed by atoms with Crippen molar-refractivity contribution in [3.8, 4) is 0 Å². The Morgan fingerprint density at radius 1 is 1.18 bits per heavy atom. The van der Waals surface area contributed by atoms with Gasteiger partial charge in [-0.2, -0.15) is 0 Å². The van der Waals surface area contributed by atoms with Gasteiger partial charge >= 0.3 is 6.36 Å². The molecule has 34 heavy (non-hydrogen) atoms. The summed E-state index contributed by atoms with van der Waals surface area (Å²) >= 11 is 0. The van der Waals surface area contributed by atoms with Crippen molar-refractivity contribution < 1.29 is 28.1 Å². The molecule has 0 radical (unpaired) electrons. The average Bonchev–Trinajstić information content (AvgIpc) is 3.32. The standard InChI is InChI=1S/C27H40F3NO3/c1-17(15-31-12-10-21(16-31)34-27(28,29)30)22-8-9-23-20(5-4-11-26(22,23)3)7-6-19-13-24(32)18(2)25(33)14-19/h6-7,17,21-25,32-33H,2,4-5,8-16H2,1,3H3/t17-,21-,22-,23+,24-,25+,26-/m1/s1. The number of likely N-dealkylation sites (tertiary alicyclic amines) is 1. The Labute approximate surface area is 201 Å². The van der Waals surface area contributed by atoms with Crippen LogP contribution in [-0.4, -0.2) is 59.4 Å². The lowest BCUT2D eigenvalue weighted by Crippen LogP contribution is -2.39. The van der Waals surface area contributed by atoms with Crippen LogP contribution in [0.15, 0.2) is 35.5 Å². The number of aliphatic hydroxyl groups is 2. The van der Waals surface area contributed by atoms with Crippen molar-refractivity contribution in [2.24, 2.45) is 23.2 Å². The molecule has 0 unspecified atom stereocenters. The third kappa shape index (κ3) is 5.63. The van der Waals surface area contributed by atoms with Crippen LogP contribution in [0.2, 0.25) is 0 Å². The summed E-state index contributed by atoms with van der Waals surface area (Å²) < 4.78 is 42.0. The summed E-state index contributed by atoms with van der Waals surface area (Å²) in [6.07, 6.45) is 4.97. The molecule has 7 heteroatoms. The van der Waals surface area contributed by atoms with Crippen LogP contribution in [0, 0.1) is 23.2 Å². The van der Waals surface area contributed by atoms with Gasteiger partial charge in [0.1, 0.15) is 0 Å². The fourth-order valence-corrected chi connectivity index (χ4v) is 7.42. The van der Waals surface area contributed by atoms with Crippen LogP contribution >= 0.6 is 0 Å². The van der Waals surface area contributed by atoms with Gasteiger partial charge in [0.15, 0.2) is 0 Å². The maximum Gasteiger partial charge on any atom is 0.522 e. The van der Waals surface area contributed by atoms with Crippen LogP contribution in [0.1, 0.15) is 65.2 Å². The second-order valence-corrected chi connectivity index (χ2v) is 11.4. The molecule has 4 aliphatic rings. The number of hydrogen-bond donors (Lipinski definition) is 2. The van der Waals surface area contributed by atoms with E-state index >= 15 is 0 Å². The van der Waals surface area contributed by atoms with E-state index in [2.05, 4.69) is 42.2 Å². The molecule has 2 N–H and O–H groups in total. The zero-order chi connectivity index (χ0) is 24.7. The summed E-state index contributed by atoms with van der Waals surface area (Å²) in [6, 6.07) is 0. The van der Waals surface area contributed by atoms with E-state index in [1.807, 2.05) is 0 Å². The molecule has 1 heterocycles. The van der Waals surface area contributed by atoms with Gasteiger partial charge < -0.3 is 15.1 Å². The topological polar surface area (TPSA) is 52.9 Å². The fraction of sp³-hybridized carbons (Fsp3) is 0.778. The molecule has 0 spiro atoms. The van der Waals surface area contributed by atoms with Crippen LogP contribution in [-0.2, 0) is 4.74 Å². The number of hydrogen-bond acceptors (Lipinski definition) is 4. The summed E-state index contributed by atoms with van der Waals surface area (Å²) in [5.41, 5.74) is 3.27. The third-order valence-corrected chi connectivity index (χ3v) is 9.10. The van der Waals surface area contributed by atoms with E-state index in [9.17, 15) is 23.4 Å². The highest BCUT2D eigenvalue weighted by Crippen LogP contribution is 2.59. The summed E-state index contributed by atoms with van der Waals surface area (Å²) in [7, 11) is 0. The highest BCUT2D eigenvalue weighted by Gasteiger charge is 2.51. The van der Waals surface area contributed by atoms with E-state index in [-0.39, 0.29) is 5.41 Å². The molecule has 3 saturated carbocycles. The van der Waals surface area contributed by atoms with Crippen LogP contribution < -0.4 is 0 Å². The van der Waals surface area contributed by atoms with Gasteiger partial charge in [-0.25, -0.2) is 0 Å². The van der Waals surface area contributed by atoms with E-state index in [0.717, 1.165) is 37.8 Å². The second-order valence-electron chi connectivity index (χ2n) is 11.4. The minimum Gasteiger partial charge on any atom is -0.388 e. The van der Waals surface area contributed by atoms with Crippen molar-refractivity contribution in [1.82, 2.24) is 4.90 Å². The van der Waals surface area contributed by atoms with Gasteiger partial charge in [-0.3, -0.25) is 4.74 Å². The molecule has 4 rings (SSSR count). The Bertz CT molecular complexity index is 806. The SMILES string of the molecule is C=C1[C@H](O)CC(=CC=C2CCC[C@]3(C)[C@@H]([C@H](C)CN4CC[C@@H](OC(F)(F)F)C4)CC[C@@H]23)C[C@@H]1O. The molecule has 0 aromatic carbocycles. The third-order valence-electron chi connectivity index (χ3n) is 9.10. The Morgan fingerprint density at radius 3 is 2.56 bits per heavy atom. The van der Waals surface area contributed by atoms with Crippen molar-refractivity contribution in [3.63, 3.8) is 0 Å². The minimum atomic E-state index is -4.56. The molecule has 1 aliphatic heterocycles. The summed E-state index contributed by atoms with van der Waals surface area (Å²) in [6.45, 7) is 10.3. The quantitative estimate of drug-likeness (QED) is 0.516. The highest BCUT2D eigenvalue weighted by atomic mass is 19.4. The molecular weight excluding hydrogens is 443 g/mol. The number of nitrogens with zero attached hydrogens (tertiary/aromatic N) is 1. The predicted octanol–water partition coefficient (Wildman–Crippen LogP) is 5.37. The van der Waals surface area contributed by atoms with Gasteiger partial charge in [-0.05, 0) is 80.1 Å². The monoisotopic (exact) mass is 483 g/mol. The Morgan fingerprint density at radius 2 is 1.88 bits per heavy atom. The number of allylic oxidation sites excluding steroid dienone is 3. The maximum atomic E-state index is 12.6. The Balaban J connectivity index is 1.39. The molecule has 0 amide bonds. The lowest BCUT2D eigenvalue weighted by atomic mass is 9.61. The minimum absolute atomic E-state index is 0.212. The average molecular weight is 484 g/mol. The lowest BCUT2D eigenvalue weighted by Gasteiger charge is -2.45.